The monoisotopic (exact) mass is 285 g/mol. The van der Waals surface area contributed by atoms with Gasteiger partial charge in [0.25, 0.3) is 5.91 Å². The molecule has 0 heterocycles. The van der Waals surface area contributed by atoms with Crippen molar-refractivity contribution in [3.8, 4) is 11.5 Å². The molecule has 1 unspecified atom stereocenters. The molecule has 19 heavy (non-hydrogen) atoms. The van der Waals surface area contributed by atoms with Crippen LogP contribution in [0.1, 0.15) is 17.3 Å². The number of amides is 1. The van der Waals surface area contributed by atoms with Crippen LogP contribution in [0.15, 0.2) is 12.1 Å². The first-order chi connectivity index (χ1) is 8.90. The summed E-state index contributed by atoms with van der Waals surface area (Å²) in [6.45, 7) is 1.62. The largest absolute Gasteiger partial charge is 0.493 e. The average Bonchev–Trinajstić information content (AvgIpc) is 2.39. The van der Waals surface area contributed by atoms with E-state index in [4.69, 9.17) is 21.1 Å². The fourth-order valence-corrected chi connectivity index (χ4v) is 1.78. The van der Waals surface area contributed by atoms with Crippen molar-refractivity contribution in [2.45, 2.75) is 13.0 Å². The lowest BCUT2D eigenvalue weighted by atomic mass is 10.2. The van der Waals surface area contributed by atoms with E-state index in [1.807, 2.05) is 0 Å². The van der Waals surface area contributed by atoms with E-state index < -0.39 is 6.10 Å². The molecule has 0 fully saturated rings. The number of hydrogen-bond acceptors (Lipinski definition) is 4. The molecule has 0 aliphatic heterocycles. The molecule has 1 aromatic rings. The minimum absolute atomic E-state index is 0.197. The zero-order chi connectivity index (χ0) is 14.6. The van der Waals surface area contributed by atoms with Crippen molar-refractivity contribution >= 4 is 23.8 Å². The number of aldehydes is 1. The standard InChI is InChI=1S/C13H16ClNO4/c1-8(13(17)15(2)3)19-12-10(14)5-9(7-16)6-11(12)18-4/h5-8H,1-4H3. The van der Waals surface area contributed by atoms with Crippen molar-refractivity contribution in [3.05, 3.63) is 22.7 Å². The Hall–Kier alpha value is -1.75. The van der Waals surface area contributed by atoms with Gasteiger partial charge in [0.05, 0.1) is 12.1 Å². The summed E-state index contributed by atoms with van der Waals surface area (Å²) in [5.41, 5.74) is 0.376. The molecule has 0 saturated heterocycles. The number of carbonyl (C=O) groups is 2. The van der Waals surface area contributed by atoms with Crippen LogP contribution in [0, 0.1) is 0 Å². The third-order valence-electron chi connectivity index (χ3n) is 2.47. The summed E-state index contributed by atoms with van der Waals surface area (Å²) in [6, 6.07) is 2.96. The van der Waals surface area contributed by atoms with Crippen LogP contribution in [0.5, 0.6) is 11.5 Å². The van der Waals surface area contributed by atoms with E-state index >= 15 is 0 Å². The third kappa shape index (κ3) is 3.61. The SMILES string of the molecule is COc1cc(C=O)cc(Cl)c1OC(C)C(=O)N(C)C. The molecule has 1 amide bonds. The van der Waals surface area contributed by atoms with Gasteiger partial charge in [0.2, 0.25) is 0 Å². The van der Waals surface area contributed by atoms with E-state index in [-0.39, 0.29) is 16.7 Å². The highest BCUT2D eigenvalue weighted by atomic mass is 35.5. The number of rotatable bonds is 5. The highest BCUT2D eigenvalue weighted by Gasteiger charge is 2.21. The van der Waals surface area contributed by atoms with E-state index in [9.17, 15) is 9.59 Å². The Labute approximate surface area is 117 Å². The lowest BCUT2D eigenvalue weighted by Crippen LogP contribution is -2.35. The molecular formula is C13H16ClNO4. The first kappa shape index (κ1) is 15.3. The molecule has 1 rings (SSSR count). The van der Waals surface area contributed by atoms with Gasteiger partial charge < -0.3 is 14.4 Å². The Morgan fingerprint density at radius 1 is 1.42 bits per heavy atom. The molecule has 6 heteroatoms. The van der Waals surface area contributed by atoms with Gasteiger partial charge in [-0.25, -0.2) is 0 Å². The highest BCUT2D eigenvalue weighted by Crippen LogP contribution is 2.36. The first-order valence-corrected chi connectivity index (χ1v) is 5.99. The number of likely N-dealkylation sites (N-methyl/N-ethyl adjacent to an activating group) is 1. The van der Waals surface area contributed by atoms with E-state index in [2.05, 4.69) is 0 Å². The molecule has 0 saturated carbocycles. The quantitative estimate of drug-likeness (QED) is 0.777. The number of carbonyl (C=O) groups excluding carboxylic acids is 2. The van der Waals surface area contributed by atoms with Crippen molar-refractivity contribution in [3.63, 3.8) is 0 Å². The Morgan fingerprint density at radius 2 is 2.05 bits per heavy atom. The van der Waals surface area contributed by atoms with Crippen LogP contribution in [0.3, 0.4) is 0 Å². The third-order valence-corrected chi connectivity index (χ3v) is 2.75. The molecular weight excluding hydrogens is 270 g/mol. The van der Waals surface area contributed by atoms with Gasteiger partial charge in [-0.15, -0.1) is 0 Å². The average molecular weight is 286 g/mol. The van der Waals surface area contributed by atoms with Gasteiger partial charge in [0.1, 0.15) is 6.29 Å². The van der Waals surface area contributed by atoms with Crippen molar-refractivity contribution in [1.82, 2.24) is 4.90 Å². The molecule has 104 valence electrons. The lowest BCUT2D eigenvalue weighted by Gasteiger charge is -2.20. The van der Waals surface area contributed by atoms with Crippen molar-refractivity contribution in [1.29, 1.82) is 0 Å². The number of halogens is 1. The summed E-state index contributed by atoms with van der Waals surface area (Å²) in [5.74, 6) is 0.364. The fraction of sp³-hybridized carbons (Fsp3) is 0.385. The molecule has 0 aliphatic rings. The van der Waals surface area contributed by atoms with Gasteiger partial charge in [0.15, 0.2) is 17.6 Å². The predicted octanol–water partition coefficient (Wildman–Crippen LogP) is 2.02. The minimum Gasteiger partial charge on any atom is -0.493 e. The molecule has 0 N–H and O–H groups in total. The van der Waals surface area contributed by atoms with Crippen LogP contribution in [0.25, 0.3) is 0 Å². The minimum atomic E-state index is -0.705. The molecule has 0 bridgehead atoms. The van der Waals surface area contributed by atoms with Crippen LogP contribution in [-0.4, -0.2) is 44.4 Å². The first-order valence-electron chi connectivity index (χ1n) is 5.61. The second-order valence-electron chi connectivity index (χ2n) is 4.14. The summed E-state index contributed by atoms with van der Waals surface area (Å²) in [7, 11) is 4.71. The number of ether oxygens (including phenoxy) is 2. The van der Waals surface area contributed by atoms with Gasteiger partial charge in [-0.1, -0.05) is 11.6 Å². The van der Waals surface area contributed by atoms with Gasteiger partial charge in [-0.2, -0.15) is 0 Å². The summed E-state index contributed by atoms with van der Waals surface area (Å²) < 4.78 is 10.6. The molecule has 1 atom stereocenters. The maximum absolute atomic E-state index is 11.7. The maximum Gasteiger partial charge on any atom is 0.262 e. The maximum atomic E-state index is 11.7. The van der Waals surface area contributed by atoms with Gasteiger partial charge >= 0.3 is 0 Å². The Kier molecular flexibility index (Phi) is 5.18. The second-order valence-corrected chi connectivity index (χ2v) is 4.55. The summed E-state index contributed by atoms with van der Waals surface area (Å²) in [4.78, 5) is 23.9. The summed E-state index contributed by atoms with van der Waals surface area (Å²) in [5, 5.41) is 0.222. The van der Waals surface area contributed by atoms with Gasteiger partial charge in [-0.3, -0.25) is 9.59 Å². The fourth-order valence-electron chi connectivity index (χ4n) is 1.51. The van der Waals surface area contributed by atoms with Crippen LogP contribution in [-0.2, 0) is 4.79 Å². The number of methoxy groups -OCH3 is 1. The van der Waals surface area contributed by atoms with E-state index in [1.165, 1.54) is 24.1 Å². The molecule has 0 aliphatic carbocycles. The lowest BCUT2D eigenvalue weighted by molar-refractivity contribution is -0.135. The molecule has 0 aromatic heterocycles. The van der Waals surface area contributed by atoms with Gasteiger partial charge in [0, 0.05) is 19.7 Å². The smallest absolute Gasteiger partial charge is 0.262 e. The van der Waals surface area contributed by atoms with Gasteiger partial charge in [-0.05, 0) is 19.1 Å². The predicted molar refractivity (Wildman–Crippen MR) is 72.2 cm³/mol. The Bertz CT molecular complexity index is 488. The van der Waals surface area contributed by atoms with Crippen molar-refractivity contribution < 1.29 is 19.1 Å². The van der Waals surface area contributed by atoms with Crippen LogP contribution in [0.2, 0.25) is 5.02 Å². The van der Waals surface area contributed by atoms with E-state index in [0.717, 1.165) is 0 Å². The zero-order valence-corrected chi connectivity index (χ0v) is 12.0. The Morgan fingerprint density at radius 3 is 2.53 bits per heavy atom. The molecule has 0 spiro atoms. The summed E-state index contributed by atoms with van der Waals surface area (Å²) >= 11 is 6.03. The summed E-state index contributed by atoms with van der Waals surface area (Å²) in [6.07, 6.45) is -0.0458. The van der Waals surface area contributed by atoms with Crippen molar-refractivity contribution in [2.24, 2.45) is 0 Å². The van der Waals surface area contributed by atoms with Crippen LogP contribution >= 0.6 is 11.6 Å². The number of benzene rings is 1. The van der Waals surface area contributed by atoms with Crippen LogP contribution < -0.4 is 9.47 Å². The van der Waals surface area contributed by atoms with E-state index in [0.29, 0.717) is 17.6 Å². The normalized spacial score (nSPS) is 11.6. The number of nitrogens with zero attached hydrogens (tertiary/aromatic N) is 1. The topological polar surface area (TPSA) is 55.8 Å². The highest BCUT2D eigenvalue weighted by molar-refractivity contribution is 6.32. The zero-order valence-electron chi connectivity index (χ0n) is 11.3. The van der Waals surface area contributed by atoms with E-state index in [1.54, 1.807) is 21.0 Å². The van der Waals surface area contributed by atoms with Crippen molar-refractivity contribution in [2.75, 3.05) is 21.2 Å². The van der Waals surface area contributed by atoms with Crippen LogP contribution in [0.4, 0.5) is 0 Å². The second kappa shape index (κ2) is 6.43. The molecule has 1 aromatic carbocycles. The Balaban J connectivity index is 3.07. The molecule has 0 radical (unpaired) electrons. The molecule has 5 nitrogen and oxygen atoms in total. The number of hydrogen-bond donors (Lipinski definition) is 0.